The van der Waals surface area contributed by atoms with E-state index in [1.54, 1.807) is 0 Å². The summed E-state index contributed by atoms with van der Waals surface area (Å²) in [4.78, 5) is 23.1. The molecule has 178 valence electrons. The van der Waals surface area contributed by atoms with E-state index in [4.69, 9.17) is 15.5 Å². The van der Waals surface area contributed by atoms with Gasteiger partial charge in [0.1, 0.15) is 5.82 Å². The molecule has 8 nitrogen and oxygen atoms in total. The molecule has 0 atom stereocenters. The number of carbonyl (C=O) groups is 1. The fourth-order valence-electron chi connectivity index (χ4n) is 4.48. The monoisotopic (exact) mass is 444 g/mol. The number of hydrogen-bond donors (Lipinski definition) is 3. The van der Waals surface area contributed by atoms with Crippen LogP contribution in [0.3, 0.4) is 0 Å². The molecule has 2 heterocycles. The third-order valence-corrected chi connectivity index (χ3v) is 6.34. The molecular formula is C24H40N6O2. The lowest BCUT2D eigenvalue weighted by Crippen LogP contribution is -2.39. The molecule has 32 heavy (non-hydrogen) atoms. The molecule has 4 N–H and O–H groups in total. The molecule has 0 unspecified atom stereocenters. The number of nitrogens with zero attached hydrogens (tertiary/aromatic N) is 3. The molecule has 1 aliphatic carbocycles. The number of rotatable bonds is 10. The Bertz CT molecular complexity index is 727. The molecule has 1 aromatic heterocycles. The molecule has 1 saturated heterocycles. The minimum atomic E-state index is -0.194. The smallest absolute Gasteiger partial charge is 0.220 e. The van der Waals surface area contributed by atoms with Crippen LogP contribution in [-0.4, -0.2) is 55.7 Å². The Morgan fingerprint density at radius 1 is 1.22 bits per heavy atom. The highest BCUT2D eigenvalue weighted by atomic mass is 16.5. The number of ether oxygens (including phenoxy) is 1. The van der Waals surface area contributed by atoms with E-state index in [2.05, 4.69) is 33.5 Å². The lowest BCUT2D eigenvalue weighted by Gasteiger charge is -2.32. The van der Waals surface area contributed by atoms with Gasteiger partial charge in [-0.05, 0) is 45.1 Å². The van der Waals surface area contributed by atoms with Crippen molar-refractivity contribution in [3.05, 3.63) is 23.9 Å². The Balaban J connectivity index is 1.48. The van der Waals surface area contributed by atoms with Gasteiger partial charge in [-0.25, -0.2) is 9.98 Å². The first kappa shape index (κ1) is 24.3. The Morgan fingerprint density at radius 3 is 2.72 bits per heavy atom. The van der Waals surface area contributed by atoms with Crippen LogP contribution in [0.2, 0.25) is 0 Å². The summed E-state index contributed by atoms with van der Waals surface area (Å²) < 4.78 is 6.02. The van der Waals surface area contributed by atoms with Gasteiger partial charge in [-0.3, -0.25) is 4.79 Å². The fraction of sp³-hybridized carbons (Fsp3) is 0.708. The van der Waals surface area contributed by atoms with Crippen LogP contribution in [-0.2, 0) is 16.1 Å². The minimum Gasteiger partial charge on any atom is -0.378 e. The molecular weight excluding hydrogens is 404 g/mol. The number of primary amides is 1. The van der Waals surface area contributed by atoms with Crippen LogP contribution in [0, 0.1) is 5.92 Å². The summed E-state index contributed by atoms with van der Waals surface area (Å²) >= 11 is 0. The van der Waals surface area contributed by atoms with Gasteiger partial charge in [0.2, 0.25) is 5.91 Å². The highest BCUT2D eigenvalue weighted by Crippen LogP contribution is 2.25. The molecule has 1 aromatic rings. The van der Waals surface area contributed by atoms with Gasteiger partial charge in [0, 0.05) is 50.5 Å². The molecule has 0 spiro atoms. The predicted octanol–water partition coefficient (Wildman–Crippen LogP) is 2.58. The Hall–Kier alpha value is -2.35. The van der Waals surface area contributed by atoms with Gasteiger partial charge in [0.05, 0.1) is 12.6 Å². The number of hydrogen-bond acceptors (Lipinski definition) is 5. The standard InChI is InChI=1S/C24H40N6O2/c1-2-26-24(28-14-7-17-32-21-9-4-3-5-10-21)29-18-20-8-6-13-27-23(20)30-15-11-19(12-16-30)22(25)31/h6,8,13,19,21H,2-5,7,9-12,14-18H2,1H3,(H2,25,31)(H2,26,28,29). The third-order valence-electron chi connectivity index (χ3n) is 6.34. The van der Waals surface area contributed by atoms with Crippen molar-refractivity contribution in [3.63, 3.8) is 0 Å². The van der Waals surface area contributed by atoms with E-state index in [0.29, 0.717) is 12.6 Å². The number of aromatic nitrogens is 1. The number of anilines is 1. The Kier molecular flexibility index (Phi) is 10.1. The second-order valence-electron chi connectivity index (χ2n) is 8.76. The first-order chi connectivity index (χ1) is 15.7. The number of pyridine rings is 1. The third kappa shape index (κ3) is 7.65. The van der Waals surface area contributed by atoms with Gasteiger partial charge in [-0.2, -0.15) is 0 Å². The van der Waals surface area contributed by atoms with E-state index >= 15 is 0 Å². The SMILES string of the molecule is CCNC(=NCc1cccnc1N1CCC(C(N)=O)CC1)NCCCOC1CCCCC1. The maximum absolute atomic E-state index is 11.5. The van der Waals surface area contributed by atoms with Gasteiger partial charge < -0.3 is 26.0 Å². The maximum Gasteiger partial charge on any atom is 0.220 e. The van der Waals surface area contributed by atoms with Crippen molar-refractivity contribution in [2.75, 3.05) is 37.7 Å². The summed E-state index contributed by atoms with van der Waals surface area (Å²) in [6.07, 6.45) is 11.2. The lowest BCUT2D eigenvalue weighted by atomic mass is 9.96. The number of piperidine rings is 1. The topological polar surface area (TPSA) is 105 Å². The van der Waals surface area contributed by atoms with Gasteiger partial charge in [-0.15, -0.1) is 0 Å². The van der Waals surface area contributed by atoms with Crippen LogP contribution in [0.15, 0.2) is 23.3 Å². The van der Waals surface area contributed by atoms with Crippen LogP contribution in [0.25, 0.3) is 0 Å². The quantitative estimate of drug-likeness (QED) is 0.291. The van der Waals surface area contributed by atoms with E-state index in [1.165, 1.54) is 32.1 Å². The van der Waals surface area contributed by atoms with Crippen molar-refractivity contribution in [2.45, 2.75) is 70.9 Å². The average molecular weight is 445 g/mol. The van der Waals surface area contributed by atoms with E-state index in [1.807, 2.05) is 12.3 Å². The minimum absolute atomic E-state index is 0.0249. The van der Waals surface area contributed by atoms with Crippen LogP contribution in [0.1, 0.15) is 63.9 Å². The molecule has 2 aliphatic rings. The number of amides is 1. The number of aliphatic imine (C=N–C) groups is 1. The fourth-order valence-corrected chi connectivity index (χ4v) is 4.48. The molecule has 1 aliphatic heterocycles. The molecule has 2 fully saturated rings. The number of nitrogens with one attached hydrogen (secondary N) is 2. The number of carbonyl (C=O) groups excluding carboxylic acids is 1. The highest BCUT2D eigenvalue weighted by Gasteiger charge is 2.24. The molecule has 0 bridgehead atoms. The van der Waals surface area contributed by atoms with E-state index in [0.717, 1.165) is 69.4 Å². The summed E-state index contributed by atoms with van der Waals surface area (Å²) in [5.41, 5.74) is 6.56. The maximum atomic E-state index is 11.5. The van der Waals surface area contributed by atoms with Gasteiger partial charge in [0.15, 0.2) is 5.96 Å². The van der Waals surface area contributed by atoms with E-state index in [9.17, 15) is 4.79 Å². The summed E-state index contributed by atoms with van der Waals surface area (Å²) in [7, 11) is 0. The first-order valence-corrected chi connectivity index (χ1v) is 12.3. The first-order valence-electron chi connectivity index (χ1n) is 12.3. The molecule has 1 amide bonds. The van der Waals surface area contributed by atoms with Crippen molar-refractivity contribution >= 4 is 17.7 Å². The highest BCUT2D eigenvalue weighted by molar-refractivity contribution is 5.79. The van der Waals surface area contributed by atoms with Crippen LogP contribution in [0.4, 0.5) is 5.82 Å². The number of nitrogens with two attached hydrogens (primary N) is 1. The van der Waals surface area contributed by atoms with Crippen molar-refractivity contribution in [1.82, 2.24) is 15.6 Å². The van der Waals surface area contributed by atoms with E-state index in [-0.39, 0.29) is 11.8 Å². The molecule has 1 saturated carbocycles. The van der Waals surface area contributed by atoms with Crippen molar-refractivity contribution in [1.29, 1.82) is 0 Å². The Labute approximate surface area is 192 Å². The second-order valence-corrected chi connectivity index (χ2v) is 8.76. The van der Waals surface area contributed by atoms with Gasteiger partial charge in [-0.1, -0.05) is 25.3 Å². The van der Waals surface area contributed by atoms with Gasteiger partial charge in [0.25, 0.3) is 0 Å². The average Bonchev–Trinajstić information content (AvgIpc) is 2.83. The molecule has 0 radical (unpaired) electrons. The van der Waals surface area contributed by atoms with Gasteiger partial charge >= 0.3 is 0 Å². The normalized spacial score (nSPS) is 18.5. The van der Waals surface area contributed by atoms with Crippen molar-refractivity contribution < 1.29 is 9.53 Å². The van der Waals surface area contributed by atoms with Crippen molar-refractivity contribution in [3.8, 4) is 0 Å². The van der Waals surface area contributed by atoms with Crippen LogP contribution in [0.5, 0.6) is 0 Å². The van der Waals surface area contributed by atoms with E-state index < -0.39 is 0 Å². The zero-order valence-corrected chi connectivity index (χ0v) is 19.5. The zero-order chi connectivity index (χ0) is 22.6. The second kappa shape index (κ2) is 13.3. The Morgan fingerprint density at radius 2 is 2.00 bits per heavy atom. The molecule has 8 heteroatoms. The molecule has 3 rings (SSSR count). The summed E-state index contributed by atoms with van der Waals surface area (Å²) in [5, 5.41) is 6.74. The number of guanidine groups is 1. The summed E-state index contributed by atoms with van der Waals surface area (Å²) in [6.45, 7) is 6.64. The largest absolute Gasteiger partial charge is 0.378 e. The molecule has 0 aromatic carbocycles. The van der Waals surface area contributed by atoms with Crippen molar-refractivity contribution in [2.24, 2.45) is 16.6 Å². The van der Waals surface area contributed by atoms with Crippen LogP contribution >= 0.6 is 0 Å². The predicted molar refractivity (Wildman–Crippen MR) is 129 cm³/mol. The summed E-state index contributed by atoms with van der Waals surface area (Å²) in [6, 6.07) is 4.03. The zero-order valence-electron chi connectivity index (χ0n) is 19.5. The summed E-state index contributed by atoms with van der Waals surface area (Å²) in [5.74, 6) is 1.55. The lowest BCUT2D eigenvalue weighted by molar-refractivity contribution is -0.122. The van der Waals surface area contributed by atoms with Crippen LogP contribution < -0.4 is 21.3 Å².